The first-order chi connectivity index (χ1) is 10.2. The number of hydrogen-bond acceptors (Lipinski definition) is 3. The molecule has 112 valence electrons. The number of hydrogen-bond donors (Lipinski definition) is 1. The van der Waals surface area contributed by atoms with E-state index < -0.39 is 0 Å². The molecule has 1 atom stereocenters. The Kier molecular flexibility index (Phi) is 6.23. The molecule has 2 aromatic rings. The Labute approximate surface area is 134 Å². The Balaban J connectivity index is 2.05. The minimum Gasteiger partial charge on any atom is -0.497 e. The van der Waals surface area contributed by atoms with E-state index in [4.69, 9.17) is 9.47 Å². The normalized spacial score (nSPS) is 12.1. The molecule has 0 amide bonds. The molecule has 0 saturated heterocycles. The molecule has 1 N–H and O–H groups in total. The van der Waals surface area contributed by atoms with E-state index in [9.17, 15) is 0 Å². The third kappa shape index (κ3) is 4.84. The Hall–Kier alpha value is -1.36. The second-order valence-electron chi connectivity index (χ2n) is 4.76. The first-order valence-corrected chi connectivity index (χ1v) is 7.67. The van der Waals surface area contributed by atoms with E-state index in [0.29, 0.717) is 6.61 Å². The van der Waals surface area contributed by atoms with Gasteiger partial charge < -0.3 is 14.8 Å². The molecule has 0 aliphatic rings. The molecule has 0 aliphatic heterocycles. The number of nitrogens with one attached hydrogen (secondary N) is 1. The highest BCUT2D eigenvalue weighted by Crippen LogP contribution is 2.23. The van der Waals surface area contributed by atoms with Crippen molar-refractivity contribution in [3.05, 3.63) is 64.1 Å². The summed E-state index contributed by atoms with van der Waals surface area (Å²) in [5.74, 6) is 0.848. The van der Waals surface area contributed by atoms with Crippen LogP contribution in [0.5, 0.6) is 5.75 Å². The van der Waals surface area contributed by atoms with Crippen LogP contribution in [0.1, 0.15) is 17.2 Å². The van der Waals surface area contributed by atoms with Gasteiger partial charge in [-0.15, -0.1) is 0 Å². The zero-order valence-electron chi connectivity index (χ0n) is 12.3. The van der Waals surface area contributed by atoms with Crippen LogP contribution in [0.4, 0.5) is 0 Å². The maximum Gasteiger partial charge on any atom is 0.119 e. The van der Waals surface area contributed by atoms with Crippen molar-refractivity contribution in [3.63, 3.8) is 0 Å². The lowest BCUT2D eigenvalue weighted by molar-refractivity contribution is 0.0409. The largest absolute Gasteiger partial charge is 0.497 e. The van der Waals surface area contributed by atoms with E-state index in [1.165, 1.54) is 0 Å². The molecular formula is C17H20BrNO2. The summed E-state index contributed by atoms with van der Waals surface area (Å²) >= 11 is 3.44. The molecule has 2 aromatic carbocycles. The number of halogens is 1. The summed E-state index contributed by atoms with van der Waals surface area (Å²) in [4.78, 5) is 0. The van der Waals surface area contributed by atoms with Crippen molar-refractivity contribution in [3.8, 4) is 5.75 Å². The van der Waals surface area contributed by atoms with Crippen molar-refractivity contribution in [1.29, 1.82) is 0 Å². The second kappa shape index (κ2) is 8.17. The van der Waals surface area contributed by atoms with Gasteiger partial charge in [0.1, 0.15) is 5.75 Å². The summed E-state index contributed by atoms with van der Waals surface area (Å²) in [6, 6.07) is 16.2. The van der Waals surface area contributed by atoms with Gasteiger partial charge in [-0.25, -0.2) is 0 Å². The number of ether oxygens (including phenoxy) is 2. The van der Waals surface area contributed by atoms with Gasteiger partial charge in [0.05, 0.1) is 19.8 Å². The first kappa shape index (κ1) is 16.0. The topological polar surface area (TPSA) is 30.5 Å². The number of rotatable bonds is 7. The molecule has 0 fully saturated rings. The fraction of sp³-hybridized carbons (Fsp3) is 0.294. The average molecular weight is 350 g/mol. The predicted molar refractivity (Wildman–Crippen MR) is 88.6 cm³/mol. The van der Waals surface area contributed by atoms with Crippen molar-refractivity contribution in [2.24, 2.45) is 0 Å². The van der Waals surface area contributed by atoms with E-state index in [0.717, 1.165) is 27.9 Å². The highest BCUT2D eigenvalue weighted by atomic mass is 79.9. The van der Waals surface area contributed by atoms with Gasteiger partial charge in [0.25, 0.3) is 0 Å². The molecule has 0 spiro atoms. The number of likely N-dealkylation sites (N-methyl/N-ethyl adjacent to an activating group) is 1. The van der Waals surface area contributed by atoms with Crippen LogP contribution in [0.15, 0.2) is 53.0 Å². The third-order valence-electron chi connectivity index (χ3n) is 3.22. The van der Waals surface area contributed by atoms with E-state index in [-0.39, 0.29) is 6.10 Å². The molecule has 3 nitrogen and oxygen atoms in total. The summed E-state index contributed by atoms with van der Waals surface area (Å²) in [6.07, 6.45) is -0.00579. The van der Waals surface area contributed by atoms with Crippen LogP contribution in [0.3, 0.4) is 0 Å². The van der Waals surface area contributed by atoms with Crippen LogP contribution in [0.25, 0.3) is 0 Å². The fourth-order valence-electron chi connectivity index (χ4n) is 2.08. The van der Waals surface area contributed by atoms with Crippen LogP contribution < -0.4 is 10.1 Å². The average Bonchev–Trinajstić information content (AvgIpc) is 2.53. The molecule has 0 heterocycles. The van der Waals surface area contributed by atoms with Crippen LogP contribution >= 0.6 is 15.9 Å². The molecule has 21 heavy (non-hydrogen) atoms. The SMILES string of the molecule is CNCC(OCc1ccc(Br)cc1)c1cccc(OC)c1. The predicted octanol–water partition coefficient (Wildman–Crippen LogP) is 3.94. The van der Waals surface area contributed by atoms with Gasteiger partial charge in [0.15, 0.2) is 0 Å². The van der Waals surface area contributed by atoms with Crippen LogP contribution in [0, 0.1) is 0 Å². The van der Waals surface area contributed by atoms with Gasteiger partial charge in [0, 0.05) is 11.0 Å². The van der Waals surface area contributed by atoms with Gasteiger partial charge in [-0.05, 0) is 42.4 Å². The Morgan fingerprint density at radius 3 is 2.57 bits per heavy atom. The minimum atomic E-state index is -0.00579. The maximum absolute atomic E-state index is 6.06. The van der Waals surface area contributed by atoms with Gasteiger partial charge in [-0.2, -0.15) is 0 Å². The summed E-state index contributed by atoms with van der Waals surface area (Å²) in [5.41, 5.74) is 2.27. The lowest BCUT2D eigenvalue weighted by Gasteiger charge is -2.19. The van der Waals surface area contributed by atoms with E-state index in [1.54, 1.807) is 7.11 Å². The monoisotopic (exact) mass is 349 g/mol. The maximum atomic E-state index is 6.06. The van der Waals surface area contributed by atoms with Crippen molar-refractivity contribution in [2.45, 2.75) is 12.7 Å². The number of benzene rings is 2. The molecule has 0 radical (unpaired) electrons. The molecule has 4 heteroatoms. The first-order valence-electron chi connectivity index (χ1n) is 6.87. The van der Waals surface area contributed by atoms with E-state index in [1.807, 2.05) is 37.4 Å². The molecule has 0 saturated carbocycles. The Bertz CT molecular complexity index is 557. The highest BCUT2D eigenvalue weighted by Gasteiger charge is 2.12. The van der Waals surface area contributed by atoms with Crippen molar-refractivity contribution < 1.29 is 9.47 Å². The molecule has 1 unspecified atom stereocenters. The smallest absolute Gasteiger partial charge is 0.119 e. The van der Waals surface area contributed by atoms with Crippen molar-refractivity contribution in [2.75, 3.05) is 20.7 Å². The quantitative estimate of drug-likeness (QED) is 0.821. The standard InChI is InChI=1S/C17H20BrNO2/c1-19-11-17(14-4-3-5-16(10-14)20-2)21-12-13-6-8-15(18)9-7-13/h3-10,17,19H,11-12H2,1-2H3. The molecule has 0 aliphatic carbocycles. The summed E-state index contributed by atoms with van der Waals surface area (Å²) < 4.78 is 12.4. The fourth-order valence-corrected chi connectivity index (χ4v) is 2.34. The van der Waals surface area contributed by atoms with Crippen LogP contribution in [0.2, 0.25) is 0 Å². The zero-order chi connectivity index (χ0) is 15.1. The summed E-state index contributed by atoms with van der Waals surface area (Å²) in [5, 5.41) is 3.18. The van der Waals surface area contributed by atoms with Gasteiger partial charge in [0.2, 0.25) is 0 Å². The summed E-state index contributed by atoms with van der Waals surface area (Å²) in [6.45, 7) is 1.33. The Morgan fingerprint density at radius 2 is 1.90 bits per heavy atom. The molecule has 2 rings (SSSR count). The zero-order valence-corrected chi connectivity index (χ0v) is 13.9. The molecule has 0 bridgehead atoms. The van der Waals surface area contributed by atoms with Crippen molar-refractivity contribution in [1.82, 2.24) is 5.32 Å². The van der Waals surface area contributed by atoms with Gasteiger partial charge >= 0.3 is 0 Å². The molecule has 0 aromatic heterocycles. The van der Waals surface area contributed by atoms with Crippen LogP contribution in [-0.2, 0) is 11.3 Å². The highest BCUT2D eigenvalue weighted by molar-refractivity contribution is 9.10. The third-order valence-corrected chi connectivity index (χ3v) is 3.75. The van der Waals surface area contributed by atoms with E-state index >= 15 is 0 Å². The second-order valence-corrected chi connectivity index (χ2v) is 5.68. The van der Waals surface area contributed by atoms with Crippen molar-refractivity contribution >= 4 is 15.9 Å². The lowest BCUT2D eigenvalue weighted by atomic mass is 10.1. The van der Waals surface area contributed by atoms with Gasteiger partial charge in [-0.3, -0.25) is 0 Å². The van der Waals surface area contributed by atoms with Crippen LogP contribution in [-0.4, -0.2) is 20.7 Å². The molecular weight excluding hydrogens is 330 g/mol. The van der Waals surface area contributed by atoms with E-state index in [2.05, 4.69) is 39.4 Å². The Morgan fingerprint density at radius 1 is 1.14 bits per heavy atom. The summed E-state index contributed by atoms with van der Waals surface area (Å²) in [7, 11) is 3.60. The minimum absolute atomic E-state index is 0.00579. The lowest BCUT2D eigenvalue weighted by Crippen LogP contribution is -2.19. The van der Waals surface area contributed by atoms with Gasteiger partial charge in [-0.1, -0.05) is 40.2 Å². The number of methoxy groups -OCH3 is 1.